The van der Waals surface area contributed by atoms with E-state index >= 15 is 0 Å². The van der Waals surface area contributed by atoms with Gasteiger partial charge in [-0.25, -0.2) is 4.98 Å². The second-order valence-corrected chi connectivity index (χ2v) is 7.35. The molecule has 7 heteroatoms. The molecule has 140 valence electrons. The monoisotopic (exact) mass is 374 g/mol. The number of methoxy groups -OCH3 is 1. The number of thiazole rings is 1. The molecule has 1 aliphatic heterocycles. The van der Waals surface area contributed by atoms with Crippen molar-refractivity contribution >= 4 is 17.2 Å². The summed E-state index contributed by atoms with van der Waals surface area (Å²) < 4.78 is 5.36. The molecule has 3 N–H and O–H groups in total. The van der Waals surface area contributed by atoms with Gasteiger partial charge in [-0.15, -0.1) is 11.3 Å². The molecule has 3 rings (SSSR count). The number of rotatable bonds is 8. The molecule has 0 radical (unpaired) electrons. The molecule has 1 aliphatic rings. The molecule has 6 nitrogen and oxygen atoms in total. The minimum Gasteiger partial charge on any atom is -0.497 e. The van der Waals surface area contributed by atoms with Gasteiger partial charge in [0.05, 0.1) is 18.2 Å². The Bertz CT molecular complexity index is 728. The normalized spacial score (nSPS) is 15.8. The van der Waals surface area contributed by atoms with Gasteiger partial charge in [0.1, 0.15) is 11.4 Å². The number of amides is 1. The number of ether oxygens (including phenoxy) is 1. The van der Waals surface area contributed by atoms with E-state index in [4.69, 9.17) is 10.5 Å². The predicted octanol–water partition coefficient (Wildman–Crippen LogP) is 2.22. The highest BCUT2D eigenvalue weighted by atomic mass is 32.1. The van der Waals surface area contributed by atoms with Crippen molar-refractivity contribution in [2.24, 2.45) is 5.73 Å². The third-order valence-corrected chi connectivity index (χ3v) is 5.57. The van der Waals surface area contributed by atoms with Crippen molar-refractivity contribution in [1.29, 1.82) is 0 Å². The van der Waals surface area contributed by atoms with E-state index in [1.54, 1.807) is 12.5 Å². The van der Waals surface area contributed by atoms with Gasteiger partial charge < -0.3 is 15.8 Å². The van der Waals surface area contributed by atoms with Gasteiger partial charge >= 0.3 is 0 Å². The van der Waals surface area contributed by atoms with Crippen LogP contribution in [-0.2, 0) is 6.42 Å². The summed E-state index contributed by atoms with van der Waals surface area (Å²) in [4.78, 5) is 19.3. The Labute approximate surface area is 158 Å². The van der Waals surface area contributed by atoms with Crippen LogP contribution in [-0.4, -0.2) is 49.1 Å². The first-order chi connectivity index (χ1) is 12.7. The fourth-order valence-corrected chi connectivity index (χ4v) is 4.09. The van der Waals surface area contributed by atoms with Crippen molar-refractivity contribution < 1.29 is 9.53 Å². The number of nitrogens with one attached hydrogen (secondary N) is 1. The number of carbonyl (C=O) groups is 1. The first-order valence-electron chi connectivity index (χ1n) is 9.02. The molecule has 1 fully saturated rings. The minimum atomic E-state index is -0.128. The van der Waals surface area contributed by atoms with E-state index in [9.17, 15) is 4.79 Å². The first-order valence-corrected chi connectivity index (χ1v) is 9.90. The maximum absolute atomic E-state index is 12.5. The molecule has 26 heavy (non-hydrogen) atoms. The zero-order valence-corrected chi connectivity index (χ0v) is 15.9. The van der Waals surface area contributed by atoms with E-state index < -0.39 is 0 Å². The van der Waals surface area contributed by atoms with Crippen LogP contribution in [0.4, 0.5) is 0 Å². The molecule has 1 saturated heterocycles. The van der Waals surface area contributed by atoms with Crippen LogP contribution < -0.4 is 15.8 Å². The van der Waals surface area contributed by atoms with Crippen molar-refractivity contribution in [3.05, 3.63) is 45.9 Å². The lowest BCUT2D eigenvalue weighted by atomic mass is 10.0. The highest BCUT2D eigenvalue weighted by molar-refractivity contribution is 7.09. The minimum absolute atomic E-state index is 0.128. The Morgan fingerprint density at radius 3 is 2.96 bits per heavy atom. The van der Waals surface area contributed by atoms with E-state index in [1.165, 1.54) is 24.2 Å². The van der Waals surface area contributed by atoms with Gasteiger partial charge in [0, 0.05) is 18.3 Å². The second-order valence-electron chi connectivity index (χ2n) is 6.41. The van der Waals surface area contributed by atoms with Gasteiger partial charge in [-0.05, 0) is 50.2 Å². The summed E-state index contributed by atoms with van der Waals surface area (Å²) in [7, 11) is 1.67. The van der Waals surface area contributed by atoms with Crippen LogP contribution in [0.3, 0.4) is 0 Å². The Balaban J connectivity index is 1.69. The number of benzene rings is 1. The number of hydrogen-bond acceptors (Lipinski definition) is 6. The molecule has 0 bridgehead atoms. The fraction of sp³-hybridized carbons (Fsp3) is 0.474. The highest BCUT2D eigenvalue weighted by Gasteiger charge is 2.24. The lowest BCUT2D eigenvalue weighted by Crippen LogP contribution is -2.37. The Kier molecular flexibility index (Phi) is 6.60. The molecule has 2 heterocycles. The van der Waals surface area contributed by atoms with Crippen LogP contribution in [0.2, 0.25) is 0 Å². The van der Waals surface area contributed by atoms with Gasteiger partial charge in [-0.3, -0.25) is 9.69 Å². The van der Waals surface area contributed by atoms with E-state index in [0.29, 0.717) is 25.2 Å². The molecule has 1 unspecified atom stereocenters. The lowest BCUT2D eigenvalue weighted by molar-refractivity contribution is 0.0933. The number of carbonyl (C=O) groups excluding carboxylic acids is 1. The highest BCUT2D eigenvalue weighted by Crippen LogP contribution is 2.27. The molecule has 2 aromatic rings. The maximum atomic E-state index is 12.5. The van der Waals surface area contributed by atoms with E-state index in [-0.39, 0.29) is 11.9 Å². The van der Waals surface area contributed by atoms with Gasteiger partial charge in [0.2, 0.25) is 0 Å². The number of aromatic nitrogens is 1. The van der Waals surface area contributed by atoms with Gasteiger partial charge in [-0.1, -0.05) is 12.1 Å². The number of nitrogens with zero attached hydrogens (tertiary/aromatic N) is 2. The molecular formula is C19H26N4O2S. The summed E-state index contributed by atoms with van der Waals surface area (Å²) in [5.74, 6) is 0.709. The maximum Gasteiger partial charge on any atom is 0.270 e. The molecule has 1 aromatic carbocycles. The van der Waals surface area contributed by atoms with E-state index in [1.807, 2.05) is 12.1 Å². The summed E-state index contributed by atoms with van der Waals surface area (Å²) in [6.07, 6.45) is 3.10. The van der Waals surface area contributed by atoms with Crippen LogP contribution in [0.1, 0.15) is 39.9 Å². The smallest absolute Gasteiger partial charge is 0.270 e. The lowest BCUT2D eigenvalue weighted by Gasteiger charge is -2.28. The third kappa shape index (κ3) is 4.60. The van der Waals surface area contributed by atoms with E-state index in [2.05, 4.69) is 27.3 Å². The predicted molar refractivity (Wildman–Crippen MR) is 104 cm³/mol. The van der Waals surface area contributed by atoms with Gasteiger partial charge in [0.25, 0.3) is 5.91 Å². The fourth-order valence-electron chi connectivity index (χ4n) is 3.29. The summed E-state index contributed by atoms with van der Waals surface area (Å²) in [5, 5.41) is 5.77. The summed E-state index contributed by atoms with van der Waals surface area (Å²) in [6, 6.07) is 8.23. The van der Waals surface area contributed by atoms with Crippen molar-refractivity contribution in [3.8, 4) is 5.75 Å². The molecule has 1 aromatic heterocycles. The third-order valence-electron chi connectivity index (χ3n) is 4.66. The number of hydrogen-bond donors (Lipinski definition) is 2. The van der Waals surface area contributed by atoms with Crippen LogP contribution >= 0.6 is 11.3 Å². The topological polar surface area (TPSA) is 80.5 Å². The first kappa shape index (κ1) is 18.8. The van der Waals surface area contributed by atoms with E-state index in [0.717, 1.165) is 29.4 Å². The molecule has 1 amide bonds. The van der Waals surface area contributed by atoms with Gasteiger partial charge in [0.15, 0.2) is 0 Å². The van der Waals surface area contributed by atoms with Crippen molar-refractivity contribution in [2.45, 2.75) is 25.3 Å². The number of nitrogens with two attached hydrogens (primary N) is 1. The van der Waals surface area contributed by atoms with Crippen LogP contribution in [0.25, 0.3) is 0 Å². The molecule has 0 saturated carbocycles. The molecule has 1 atom stereocenters. The van der Waals surface area contributed by atoms with Crippen LogP contribution in [0.15, 0.2) is 29.6 Å². The largest absolute Gasteiger partial charge is 0.497 e. The van der Waals surface area contributed by atoms with Crippen molar-refractivity contribution in [3.63, 3.8) is 0 Å². The van der Waals surface area contributed by atoms with Crippen LogP contribution in [0.5, 0.6) is 5.75 Å². The molecular weight excluding hydrogens is 348 g/mol. The summed E-state index contributed by atoms with van der Waals surface area (Å²) >= 11 is 1.48. The Morgan fingerprint density at radius 1 is 1.42 bits per heavy atom. The molecule has 0 spiro atoms. The Hall–Kier alpha value is -1.96. The van der Waals surface area contributed by atoms with Crippen molar-refractivity contribution in [1.82, 2.24) is 15.2 Å². The number of likely N-dealkylation sites (tertiary alicyclic amines) is 1. The quantitative estimate of drug-likeness (QED) is 0.741. The van der Waals surface area contributed by atoms with Crippen LogP contribution in [0, 0.1) is 0 Å². The average molecular weight is 375 g/mol. The average Bonchev–Trinajstić information content (AvgIpc) is 3.34. The summed E-state index contributed by atoms with van der Waals surface area (Å²) in [6.45, 7) is 3.20. The zero-order chi connectivity index (χ0) is 18.4. The SMILES string of the molecule is COc1cccc(C(CNC(=O)c2csc(CCN)n2)N2CCCC2)c1. The zero-order valence-electron chi connectivity index (χ0n) is 15.1. The second kappa shape index (κ2) is 9.12. The Morgan fingerprint density at radius 2 is 2.23 bits per heavy atom. The molecule has 0 aliphatic carbocycles. The standard InChI is InChI=1S/C19H26N4O2S/c1-25-15-6-4-5-14(11-15)17(23-9-2-3-10-23)12-21-19(24)16-13-26-18(22-16)7-8-20/h4-6,11,13,17H,2-3,7-10,12,20H2,1H3,(H,21,24). The van der Waals surface area contributed by atoms with Crippen molar-refractivity contribution in [2.75, 3.05) is 33.3 Å². The summed E-state index contributed by atoms with van der Waals surface area (Å²) in [5.41, 5.74) is 7.19. The van der Waals surface area contributed by atoms with Gasteiger partial charge in [-0.2, -0.15) is 0 Å².